The molecular formula is C20H17FN4O. The molecule has 0 atom stereocenters. The predicted octanol–water partition coefficient (Wildman–Crippen LogP) is 3.92. The molecule has 2 N–H and O–H groups in total. The second kappa shape index (κ2) is 6.92. The van der Waals surface area contributed by atoms with E-state index < -0.39 is 0 Å². The molecule has 6 heteroatoms. The molecule has 1 heterocycles. The topological polar surface area (TPSA) is 66.9 Å². The summed E-state index contributed by atoms with van der Waals surface area (Å²) in [5.41, 5.74) is 2.77. The van der Waals surface area contributed by atoms with Crippen molar-refractivity contribution in [3.8, 4) is 11.1 Å². The molecule has 0 bridgehead atoms. The Labute approximate surface area is 150 Å². The highest BCUT2D eigenvalue weighted by atomic mass is 19.1. The van der Waals surface area contributed by atoms with E-state index in [1.54, 1.807) is 36.7 Å². The number of aromatic nitrogens is 2. The lowest BCUT2D eigenvalue weighted by Gasteiger charge is -2.08. The molecule has 0 radical (unpaired) electrons. The second-order valence-corrected chi connectivity index (χ2v) is 6.26. The highest BCUT2D eigenvalue weighted by Crippen LogP contribution is 2.22. The van der Waals surface area contributed by atoms with Crippen molar-refractivity contribution in [2.24, 2.45) is 0 Å². The molecule has 4 rings (SSSR count). The van der Waals surface area contributed by atoms with Gasteiger partial charge in [0.2, 0.25) is 5.95 Å². The van der Waals surface area contributed by atoms with Crippen LogP contribution in [0, 0.1) is 5.82 Å². The van der Waals surface area contributed by atoms with E-state index in [2.05, 4.69) is 20.6 Å². The third-order valence-corrected chi connectivity index (χ3v) is 4.10. The summed E-state index contributed by atoms with van der Waals surface area (Å²) in [4.78, 5) is 20.7. The molecule has 1 aliphatic carbocycles. The zero-order chi connectivity index (χ0) is 17.9. The molecule has 0 aliphatic heterocycles. The number of nitrogens with one attached hydrogen (secondary N) is 2. The quantitative estimate of drug-likeness (QED) is 0.733. The molecule has 3 aromatic rings. The highest BCUT2D eigenvalue weighted by Gasteiger charge is 2.23. The molecule has 5 nitrogen and oxygen atoms in total. The Morgan fingerprint density at radius 1 is 1.00 bits per heavy atom. The maximum atomic E-state index is 13.3. The Morgan fingerprint density at radius 3 is 2.50 bits per heavy atom. The Balaban J connectivity index is 1.48. The van der Waals surface area contributed by atoms with Gasteiger partial charge in [-0.25, -0.2) is 14.4 Å². The third-order valence-electron chi connectivity index (χ3n) is 4.10. The van der Waals surface area contributed by atoms with Gasteiger partial charge in [0.25, 0.3) is 5.91 Å². The van der Waals surface area contributed by atoms with Gasteiger partial charge in [0, 0.05) is 35.2 Å². The van der Waals surface area contributed by atoms with Crippen LogP contribution in [-0.2, 0) is 0 Å². The minimum atomic E-state index is -0.300. The van der Waals surface area contributed by atoms with Gasteiger partial charge in [0.15, 0.2) is 0 Å². The SMILES string of the molecule is O=C(NC1CC1)c1cccc(Nc2ncc(-c3cccc(F)c3)cn2)c1. The Morgan fingerprint density at radius 2 is 1.77 bits per heavy atom. The van der Waals surface area contributed by atoms with Crippen LogP contribution < -0.4 is 10.6 Å². The van der Waals surface area contributed by atoms with E-state index in [0.717, 1.165) is 29.7 Å². The highest BCUT2D eigenvalue weighted by molar-refractivity contribution is 5.95. The molecule has 2 aromatic carbocycles. The van der Waals surface area contributed by atoms with Gasteiger partial charge in [0.05, 0.1) is 0 Å². The first-order chi connectivity index (χ1) is 12.7. The van der Waals surface area contributed by atoms with Crippen LogP contribution in [0.1, 0.15) is 23.2 Å². The van der Waals surface area contributed by atoms with Crippen LogP contribution in [-0.4, -0.2) is 21.9 Å². The summed E-state index contributed by atoms with van der Waals surface area (Å²) >= 11 is 0. The number of benzene rings is 2. The number of carbonyl (C=O) groups is 1. The Hall–Kier alpha value is -3.28. The molecule has 1 aliphatic rings. The fraction of sp³-hybridized carbons (Fsp3) is 0.150. The fourth-order valence-corrected chi connectivity index (χ4v) is 2.57. The molecule has 0 spiro atoms. The van der Waals surface area contributed by atoms with E-state index in [1.165, 1.54) is 12.1 Å². The summed E-state index contributed by atoms with van der Waals surface area (Å²) in [6.07, 6.45) is 5.37. The van der Waals surface area contributed by atoms with Gasteiger partial charge in [-0.05, 0) is 48.7 Å². The normalized spacial score (nSPS) is 13.3. The van der Waals surface area contributed by atoms with Crippen molar-refractivity contribution in [1.29, 1.82) is 0 Å². The minimum absolute atomic E-state index is 0.0708. The van der Waals surface area contributed by atoms with Crippen LogP contribution in [0.25, 0.3) is 11.1 Å². The van der Waals surface area contributed by atoms with E-state index in [-0.39, 0.29) is 11.7 Å². The monoisotopic (exact) mass is 348 g/mol. The number of nitrogens with zero attached hydrogens (tertiary/aromatic N) is 2. The number of hydrogen-bond donors (Lipinski definition) is 2. The number of amides is 1. The summed E-state index contributed by atoms with van der Waals surface area (Å²) in [7, 11) is 0. The van der Waals surface area contributed by atoms with Crippen molar-refractivity contribution in [2.75, 3.05) is 5.32 Å². The predicted molar refractivity (Wildman–Crippen MR) is 97.6 cm³/mol. The Kier molecular flexibility index (Phi) is 4.31. The molecule has 0 saturated heterocycles. The average molecular weight is 348 g/mol. The van der Waals surface area contributed by atoms with E-state index in [4.69, 9.17) is 0 Å². The van der Waals surface area contributed by atoms with Crippen LogP contribution in [0.2, 0.25) is 0 Å². The Bertz CT molecular complexity index is 939. The smallest absolute Gasteiger partial charge is 0.251 e. The van der Waals surface area contributed by atoms with Crippen molar-refractivity contribution in [3.05, 3.63) is 72.3 Å². The summed E-state index contributed by atoms with van der Waals surface area (Å²) in [5.74, 6) is 0.0365. The number of rotatable bonds is 5. The number of halogens is 1. The van der Waals surface area contributed by atoms with Crippen molar-refractivity contribution < 1.29 is 9.18 Å². The first kappa shape index (κ1) is 16.2. The number of anilines is 2. The van der Waals surface area contributed by atoms with E-state index in [1.807, 2.05) is 12.1 Å². The van der Waals surface area contributed by atoms with Crippen molar-refractivity contribution >= 4 is 17.5 Å². The average Bonchev–Trinajstić information content (AvgIpc) is 3.47. The fourth-order valence-electron chi connectivity index (χ4n) is 2.57. The van der Waals surface area contributed by atoms with Crippen LogP contribution in [0.3, 0.4) is 0 Å². The molecule has 1 aromatic heterocycles. The molecular weight excluding hydrogens is 331 g/mol. The maximum absolute atomic E-state index is 13.3. The lowest BCUT2D eigenvalue weighted by Crippen LogP contribution is -2.25. The largest absolute Gasteiger partial charge is 0.349 e. The maximum Gasteiger partial charge on any atom is 0.251 e. The lowest BCUT2D eigenvalue weighted by atomic mass is 10.1. The van der Waals surface area contributed by atoms with Gasteiger partial charge < -0.3 is 10.6 Å². The van der Waals surface area contributed by atoms with Crippen LogP contribution in [0.15, 0.2) is 60.9 Å². The summed E-state index contributed by atoms with van der Waals surface area (Å²) < 4.78 is 13.3. The first-order valence-corrected chi connectivity index (χ1v) is 8.43. The first-order valence-electron chi connectivity index (χ1n) is 8.43. The van der Waals surface area contributed by atoms with Gasteiger partial charge in [0.1, 0.15) is 5.82 Å². The van der Waals surface area contributed by atoms with Crippen molar-refractivity contribution in [3.63, 3.8) is 0 Å². The minimum Gasteiger partial charge on any atom is -0.349 e. The van der Waals surface area contributed by atoms with E-state index in [0.29, 0.717) is 17.6 Å². The van der Waals surface area contributed by atoms with Crippen LogP contribution in [0.4, 0.5) is 16.0 Å². The summed E-state index contributed by atoms with van der Waals surface area (Å²) in [6, 6.07) is 13.8. The molecule has 1 amide bonds. The van der Waals surface area contributed by atoms with Crippen molar-refractivity contribution in [2.45, 2.75) is 18.9 Å². The van der Waals surface area contributed by atoms with Gasteiger partial charge in [-0.2, -0.15) is 0 Å². The molecule has 1 saturated carbocycles. The summed E-state index contributed by atoms with van der Waals surface area (Å²) in [6.45, 7) is 0. The van der Waals surface area contributed by atoms with Gasteiger partial charge in [-0.3, -0.25) is 4.79 Å². The molecule has 1 fully saturated rings. The van der Waals surface area contributed by atoms with Crippen LogP contribution >= 0.6 is 0 Å². The lowest BCUT2D eigenvalue weighted by molar-refractivity contribution is 0.0951. The van der Waals surface area contributed by atoms with E-state index in [9.17, 15) is 9.18 Å². The zero-order valence-electron chi connectivity index (χ0n) is 13.9. The molecule has 130 valence electrons. The van der Waals surface area contributed by atoms with Gasteiger partial charge in [-0.1, -0.05) is 18.2 Å². The number of hydrogen-bond acceptors (Lipinski definition) is 4. The third kappa shape index (κ3) is 3.85. The molecule has 0 unspecified atom stereocenters. The standard InChI is InChI=1S/C20H17FN4O/c21-16-5-1-3-13(9-16)15-11-22-20(23-12-15)25-18-6-2-4-14(10-18)19(26)24-17-7-8-17/h1-6,9-12,17H,7-8H2,(H,24,26)(H,22,23,25). The zero-order valence-corrected chi connectivity index (χ0v) is 13.9. The van der Waals surface area contributed by atoms with Crippen molar-refractivity contribution in [1.82, 2.24) is 15.3 Å². The number of carbonyl (C=O) groups excluding carboxylic acids is 1. The van der Waals surface area contributed by atoms with Gasteiger partial charge >= 0.3 is 0 Å². The second-order valence-electron chi connectivity index (χ2n) is 6.26. The summed E-state index contributed by atoms with van der Waals surface area (Å²) in [5, 5.41) is 6.04. The van der Waals surface area contributed by atoms with E-state index >= 15 is 0 Å². The van der Waals surface area contributed by atoms with Crippen LogP contribution in [0.5, 0.6) is 0 Å². The molecule has 26 heavy (non-hydrogen) atoms. The van der Waals surface area contributed by atoms with Gasteiger partial charge in [-0.15, -0.1) is 0 Å².